The Kier molecular flexibility index (Phi) is 4.31. The molecule has 0 fully saturated rings. The van der Waals surface area contributed by atoms with Gasteiger partial charge in [-0.2, -0.15) is 0 Å². The molecule has 0 aromatic carbocycles. The van der Waals surface area contributed by atoms with Crippen LogP contribution in [0.4, 0.5) is 0 Å². The molecular formula is C9H11NO4S2. The molecule has 0 bridgehead atoms. The molecule has 1 heterocycles. The molecule has 0 saturated carbocycles. The summed E-state index contributed by atoms with van der Waals surface area (Å²) in [6.45, 7) is 3.30. The van der Waals surface area contributed by atoms with E-state index in [-0.39, 0.29) is 6.42 Å². The summed E-state index contributed by atoms with van der Waals surface area (Å²) in [5.41, 5.74) is 0.660. The smallest absolute Gasteiger partial charge is 0.316 e. The Morgan fingerprint density at radius 3 is 2.62 bits per heavy atom. The van der Waals surface area contributed by atoms with E-state index in [1.807, 2.05) is 0 Å². The number of aryl methyl sites for hydroxylation is 1. The van der Waals surface area contributed by atoms with E-state index in [9.17, 15) is 9.59 Å². The molecule has 0 amide bonds. The van der Waals surface area contributed by atoms with Crippen LogP contribution in [0.3, 0.4) is 0 Å². The number of thioether (sulfide) groups is 1. The lowest BCUT2D eigenvalue weighted by molar-refractivity contribution is -0.137. The minimum Gasteiger partial charge on any atom is -0.481 e. The zero-order chi connectivity index (χ0) is 12.3. The molecule has 1 aromatic heterocycles. The predicted molar refractivity (Wildman–Crippen MR) is 61.1 cm³/mol. The predicted octanol–water partition coefficient (Wildman–Crippen LogP) is 1.64. The van der Waals surface area contributed by atoms with Crippen LogP contribution >= 0.6 is 23.1 Å². The van der Waals surface area contributed by atoms with Gasteiger partial charge in [0.1, 0.15) is 5.25 Å². The maximum atomic E-state index is 10.6. The molecule has 1 atom stereocenters. The van der Waals surface area contributed by atoms with Crippen LogP contribution in [0.1, 0.15) is 17.5 Å². The number of aromatic nitrogens is 1. The van der Waals surface area contributed by atoms with Gasteiger partial charge in [0.15, 0.2) is 4.34 Å². The van der Waals surface area contributed by atoms with Gasteiger partial charge in [-0.3, -0.25) is 9.59 Å². The van der Waals surface area contributed by atoms with Crippen LogP contribution in [0.2, 0.25) is 0 Å². The van der Waals surface area contributed by atoms with E-state index in [1.165, 1.54) is 11.3 Å². The van der Waals surface area contributed by atoms with E-state index in [4.69, 9.17) is 10.2 Å². The van der Waals surface area contributed by atoms with Crippen LogP contribution in [0, 0.1) is 6.92 Å². The second kappa shape index (κ2) is 5.31. The third-order valence-corrected chi connectivity index (χ3v) is 4.15. The summed E-state index contributed by atoms with van der Waals surface area (Å²) in [4.78, 5) is 26.0. The lowest BCUT2D eigenvalue weighted by Crippen LogP contribution is -2.10. The maximum absolute atomic E-state index is 10.6. The van der Waals surface area contributed by atoms with Crippen molar-refractivity contribution in [1.29, 1.82) is 0 Å². The molecule has 0 aliphatic rings. The number of carboxylic acid groups (broad SMARTS) is 2. The normalized spacial score (nSPS) is 12.4. The largest absolute Gasteiger partial charge is 0.481 e. The van der Waals surface area contributed by atoms with Crippen molar-refractivity contribution in [2.24, 2.45) is 0 Å². The van der Waals surface area contributed by atoms with Crippen molar-refractivity contribution >= 4 is 35.0 Å². The lowest BCUT2D eigenvalue weighted by atomic mass is 10.3. The highest BCUT2D eigenvalue weighted by atomic mass is 32.2. The van der Waals surface area contributed by atoms with Gasteiger partial charge in [0, 0.05) is 4.88 Å². The third kappa shape index (κ3) is 3.49. The Morgan fingerprint density at radius 2 is 2.12 bits per heavy atom. The SMILES string of the molecule is Cc1nc(SC(C)C(=O)O)sc1CC(=O)O. The van der Waals surface area contributed by atoms with Crippen molar-refractivity contribution < 1.29 is 19.8 Å². The van der Waals surface area contributed by atoms with Crippen molar-refractivity contribution in [3.63, 3.8) is 0 Å². The average molecular weight is 261 g/mol. The summed E-state index contributed by atoms with van der Waals surface area (Å²) in [6, 6.07) is 0. The van der Waals surface area contributed by atoms with Gasteiger partial charge in [0.2, 0.25) is 0 Å². The van der Waals surface area contributed by atoms with Crippen LogP contribution < -0.4 is 0 Å². The van der Waals surface area contributed by atoms with Crippen LogP contribution in [0.5, 0.6) is 0 Å². The van der Waals surface area contributed by atoms with Crippen LogP contribution in [0.15, 0.2) is 4.34 Å². The minimum absolute atomic E-state index is 0.0640. The number of rotatable bonds is 5. The van der Waals surface area contributed by atoms with Gasteiger partial charge in [-0.1, -0.05) is 11.8 Å². The highest BCUT2D eigenvalue weighted by Crippen LogP contribution is 2.30. The molecule has 0 spiro atoms. The molecular weight excluding hydrogens is 250 g/mol. The number of hydrogen-bond donors (Lipinski definition) is 2. The molecule has 2 N–H and O–H groups in total. The monoisotopic (exact) mass is 261 g/mol. The molecule has 0 aliphatic heterocycles. The van der Waals surface area contributed by atoms with E-state index in [2.05, 4.69) is 4.98 Å². The number of carbonyl (C=O) groups is 2. The summed E-state index contributed by atoms with van der Waals surface area (Å²) >= 11 is 2.37. The van der Waals surface area contributed by atoms with Gasteiger partial charge in [0.25, 0.3) is 0 Å². The van der Waals surface area contributed by atoms with Gasteiger partial charge in [0.05, 0.1) is 12.1 Å². The first-order chi connectivity index (χ1) is 7.40. The first-order valence-corrected chi connectivity index (χ1v) is 6.17. The zero-order valence-corrected chi connectivity index (χ0v) is 10.4. The molecule has 88 valence electrons. The number of thiazole rings is 1. The van der Waals surface area contributed by atoms with Crippen LogP contribution in [-0.4, -0.2) is 32.4 Å². The number of carboxylic acids is 2. The quantitative estimate of drug-likeness (QED) is 0.783. The van der Waals surface area contributed by atoms with Crippen molar-refractivity contribution in [2.45, 2.75) is 29.9 Å². The molecule has 0 saturated heterocycles. The first-order valence-electron chi connectivity index (χ1n) is 4.47. The topological polar surface area (TPSA) is 87.5 Å². The van der Waals surface area contributed by atoms with Crippen molar-refractivity contribution in [3.05, 3.63) is 10.6 Å². The van der Waals surface area contributed by atoms with E-state index in [1.54, 1.807) is 13.8 Å². The Bertz CT molecular complexity index is 416. The summed E-state index contributed by atoms with van der Waals surface area (Å²) in [7, 11) is 0. The van der Waals surface area contributed by atoms with Crippen molar-refractivity contribution in [2.75, 3.05) is 0 Å². The van der Waals surface area contributed by atoms with E-state index < -0.39 is 17.2 Å². The molecule has 0 radical (unpaired) electrons. The second-order valence-electron chi connectivity index (χ2n) is 3.16. The fourth-order valence-corrected chi connectivity index (χ4v) is 3.26. The fourth-order valence-electron chi connectivity index (χ4n) is 0.955. The fraction of sp³-hybridized carbons (Fsp3) is 0.444. The highest BCUT2D eigenvalue weighted by Gasteiger charge is 2.17. The van der Waals surface area contributed by atoms with E-state index in [0.717, 1.165) is 11.8 Å². The molecule has 7 heteroatoms. The molecule has 5 nitrogen and oxygen atoms in total. The standard InChI is InChI=1S/C9H11NO4S2/c1-4-6(3-7(11)12)16-9(10-4)15-5(2)8(13)14/h5H,3H2,1-2H3,(H,11,12)(H,13,14). The van der Waals surface area contributed by atoms with Crippen molar-refractivity contribution in [3.8, 4) is 0 Å². The Morgan fingerprint density at radius 1 is 1.50 bits per heavy atom. The molecule has 1 aromatic rings. The molecule has 1 rings (SSSR count). The van der Waals surface area contributed by atoms with Crippen LogP contribution in [0.25, 0.3) is 0 Å². The Labute approximate surface area is 101 Å². The number of hydrogen-bond acceptors (Lipinski definition) is 5. The lowest BCUT2D eigenvalue weighted by Gasteiger charge is -2.00. The van der Waals surface area contributed by atoms with Crippen molar-refractivity contribution in [1.82, 2.24) is 4.98 Å². The summed E-state index contributed by atoms with van der Waals surface area (Å²) in [5.74, 6) is -1.81. The van der Waals surface area contributed by atoms with Gasteiger partial charge in [-0.15, -0.1) is 11.3 Å². The molecule has 16 heavy (non-hydrogen) atoms. The van der Waals surface area contributed by atoms with E-state index >= 15 is 0 Å². The first kappa shape index (κ1) is 13.0. The van der Waals surface area contributed by atoms with E-state index in [0.29, 0.717) is 14.9 Å². The average Bonchev–Trinajstić information content (AvgIpc) is 2.45. The Hall–Kier alpha value is -1.08. The number of nitrogens with zero attached hydrogens (tertiary/aromatic N) is 1. The Balaban J connectivity index is 2.76. The maximum Gasteiger partial charge on any atom is 0.316 e. The van der Waals surface area contributed by atoms with Gasteiger partial charge in [-0.25, -0.2) is 4.98 Å². The van der Waals surface area contributed by atoms with Gasteiger partial charge >= 0.3 is 11.9 Å². The summed E-state index contributed by atoms with van der Waals surface area (Å²) in [6.07, 6.45) is -0.0640. The molecule has 0 aliphatic carbocycles. The highest BCUT2D eigenvalue weighted by molar-refractivity contribution is 8.02. The van der Waals surface area contributed by atoms with Gasteiger partial charge in [-0.05, 0) is 13.8 Å². The van der Waals surface area contributed by atoms with Gasteiger partial charge < -0.3 is 10.2 Å². The zero-order valence-electron chi connectivity index (χ0n) is 8.76. The minimum atomic E-state index is -0.908. The summed E-state index contributed by atoms with van der Waals surface area (Å²) < 4.78 is 0.601. The third-order valence-electron chi connectivity index (χ3n) is 1.81. The molecule has 1 unspecified atom stereocenters. The number of aliphatic carboxylic acids is 2. The second-order valence-corrected chi connectivity index (χ2v) is 5.83. The van der Waals surface area contributed by atoms with Crippen LogP contribution in [-0.2, 0) is 16.0 Å². The summed E-state index contributed by atoms with van der Waals surface area (Å²) in [5, 5.41) is 16.8.